The van der Waals surface area contributed by atoms with E-state index in [-0.39, 0.29) is 42.0 Å². The number of anilines is 2. The van der Waals surface area contributed by atoms with Crippen LogP contribution in [0.4, 0.5) is 24.5 Å². The average Bonchev–Trinajstić information content (AvgIpc) is 3.38. The van der Waals surface area contributed by atoms with Crippen LogP contribution in [0, 0.1) is 5.41 Å². The molecule has 0 spiro atoms. The van der Waals surface area contributed by atoms with Gasteiger partial charge in [0.05, 0.1) is 36.6 Å². The first-order valence-corrected chi connectivity index (χ1v) is 12.1. The summed E-state index contributed by atoms with van der Waals surface area (Å²) in [6.45, 7) is 0.653. The van der Waals surface area contributed by atoms with E-state index in [9.17, 15) is 22.8 Å². The van der Waals surface area contributed by atoms with Gasteiger partial charge in [-0.1, -0.05) is 23.7 Å². The molecule has 2 heterocycles. The van der Waals surface area contributed by atoms with Crippen LogP contribution in [0.3, 0.4) is 0 Å². The molecule has 1 aromatic heterocycles. The second-order valence-electron chi connectivity index (χ2n) is 8.99. The molecule has 1 aliphatic rings. The maximum Gasteiger partial charge on any atom is 0.418 e. The Balaban J connectivity index is 1.40. The molecule has 2 aromatic carbocycles. The molecule has 11 heteroatoms. The van der Waals surface area contributed by atoms with Crippen LogP contribution in [0.25, 0.3) is 0 Å². The van der Waals surface area contributed by atoms with Gasteiger partial charge in [-0.3, -0.25) is 14.6 Å². The van der Waals surface area contributed by atoms with Crippen molar-refractivity contribution in [3.63, 3.8) is 0 Å². The molecule has 1 amide bonds. The van der Waals surface area contributed by atoms with Gasteiger partial charge in [-0.05, 0) is 48.4 Å². The van der Waals surface area contributed by atoms with Gasteiger partial charge in [0.1, 0.15) is 5.75 Å². The molecular formula is C27H25ClF3N3O4. The lowest BCUT2D eigenvalue weighted by Crippen LogP contribution is -2.42. The first-order chi connectivity index (χ1) is 18.1. The number of nitrogens with one attached hydrogen (secondary N) is 2. The lowest BCUT2D eigenvalue weighted by atomic mass is 9.80. The molecule has 0 bridgehead atoms. The van der Waals surface area contributed by atoms with Gasteiger partial charge in [-0.25, -0.2) is 0 Å². The highest BCUT2D eigenvalue weighted by atomic mass is 35.5. The van der Waals surface area contributed by atoms with Crippen molar-refractivity contribution in [1.29, 1.82) is 0 Å². The smallest absolute Gasteiger partial charge is 0.418 e. The Kier molecular flexibility index (Phi) is 8.23. The molecule has 7 nitrogen and oxygen atoms in total. The van der Waals surface area contributed by atoms with Crippen molar-refractivity contribution in [2.45, 2.75) is 25.6 Å². The Bertz CT molecular complexity index is 1310. The minimum atomic E-state index is -4.57. The number of ether oxygens (including phenoxy) is 2. The Morgan fingerprint density at radius 1 is 1.13 bits per heavy atom. The van der Waals surface area contributed by atoms with Gasteiger partial charge >= 0.3 is 6.18 Å². The normalized spacial score (nSPS) is 17.2. The summed E-state index contributed by atoms with van der Waals surface area (Å²) in [5.74, 6) is -0.106. The Morgan fingerprint density at radius 2 is 1.89 bits per heavy atom. The zero-order valence-electron chi connectivity index (χ0n) is 20.4. The number of carbonyl (C=O) groups excluding carboxylic acids is 2. The summed E-state index contributed by atoms with van der Waals surface area (Å²) >= 11 is 5.74. The Labute approximate surface area is 222 Å². The van der Waals surface area contributed by atoms with Crippen LogP contribution in [-0.2, 0) is 22.3 Å². The van der Waals surface area contributed by atoms with E-state index in [0.29, 0.717) is 30.0 Å². The molecule has 4 rings (SSSR count). The van der Waals surface area contributed by atoms with Crippen molar-refractivity contribution in [2.24, 2.45) is 5.41 Å². The van der Waals surface area contributed by atoms with Crippen molar-refractivity contribution in [2.75, 3.05) is 25.6 Å². The lowest BCUT2D eigenvalue weighted by molar-refractivity contribution is -0.137. The number of Topliss-reactive ketones (excluding diaryl/α,β-unsaturated/α-hetero) is 1. The number of hydrogen-bond donors (Lipinski definition) is 2. The molecule has 38 heavy (non-hydrogen) atoms. The largest absolute Gasteiger partial charge is 0.495 e. The predicted molar refractivity (Wildman–Crippen MR) is 136 cm³/mol. The molecule has 3 aromatic rings. The van der Waals surface area contributed by atoms with Crippen molar-refractivity contribution in [3.05, 3.63) is 82.6 Å². The van der Waals surface area contributed by atoms with Crippen molar-refractivity contribution < 1.29 is 32.2 Å². The molecule has 1 saturated heterocycles. The summed E-state index contributed by atoms with van der Waals surface area (Å²) in [7, 11) is 1.48. The van der Waals surface area contributed by atoms with Crippen LogP contribution in [0.15, 0.2) is 60.9 Å². The fourth-order valence-electron chi connectivity index (χ4n) is 4.19. The van der Waals surface area contributed by atoms with E-state index in [1.165, 1.54) is 31.6 Å². The molecule has 200 valence electrons. The van der Waals surface area contributed by atoms with Crippen LogP contribution in [0.2, 0.25) is 5.02 Å². The van der Waals surface area contributed by atoms with Gasteiger partial charge in [0, 0.05) is 42.0 Å². The highest BCUT2D eigenvalue weighted by molar-refractivity contribution is 6.30. The summed E-state index contributed by atoms with van der Waals surface area (Å²) in [6.07, 6.45) is -1.29. The number of methoxy groups -OCH3 is 1. The maximum atomic E-state index is 13.4. The monoisotopic (exact) mass is 547 g/mol. The van der Waals surface area contributed by atoms with Crippen LogP contribution in [0.5, 0.6) is 5.75 Å². The van der Waals surface area contributed by atoms with Crippen LogP contribution >= 0.6 is 11.6 Å². The van der Waals surface area contributed by atoms with Gasteiger partial charge in [-0.15, -0.1) is 0 Å². The summed E-state index contributed by atoms with van der Waals surface area (Å²) in [5, 5.41) is 5.62. The van der Waals surface area contributed by atoms with Gasteiger partial charge in [-0.2, -0.15) is 13.2 Å². The number of carbonyl (C=O) groups is 2. The van der Waals surface area contributed by atoms with E-state index in [2.05, 4.69) is 15.6 Å². The SMILES string of the molecule is COc1cncc(C(=O)C[C@@]2(C(=O)NCc3ccc(Nc4ccc(Cl)cc4C(F)(F)F)cc3)CCOC2)c1. The highest BCUT2D eigenvalue weighted by Gasteiger charge is 2.44. The standard InChI is InChI=1S/C27H25ClF3N3O4/c1-37-21-10-18(14-32-15-21)24(35)12-26(8-9-38-16-26)25(36)33-13-17-2-5-20(6-3-17)34-23-7-4-19(28)11-22(23)27(29,30)31/h2-7,10-11,14-15,34H,8-9,12-13,16H2,1H3,(H,33,36)/t26-/m0/s1. The number of nitrogens with zero attached hydrogens (tertiary/aromatic N) is 1. The van der Waals surface area contributed by atoms with E-state index < -0.39 is 17.2 Å². The number of aromatic nitrogens is 1. The summed E-state index contributed by atoms with van der Waals surface area (Å²) in [4.78, 5) is 30.1. The van der Waals surface area contributed by atoms with Crippen molar-refractivity contribution >= 4 is 34.7 Å². The zero-order chi connectivity index (χ0) is 27.3. The maximum absolute atomic E-state index is 13.4. The molecule has 0 unspecified atom stereocenters. The second-order valence-corrected chi connectivity index (χ2v) is 9.43. The molecule has 0 radical (unpaired) electrons. The molecule has 0 aliphatic carbocycles. The predicted octanol–water partition coefficient (Wildman–Crippen LogP) is 5.80. The number of rotatable bonds is 9. The summed E-state index contributed by atoms with van der Waals surface area (Å²) in [5.41, 5.74) is -0.489. The van der Waals surface area contributed by atoms with E-state index in [1.54, 1.807) is 30.3 Å². The van der Waals surface area contributed by atoms with E-state index in [1.807, 2.05) is 0 Å². The molecule has 1 aliphatic heterocycles. The summed E-state index contributed by atoms with van der Waals surface area (Å²) in [6, 6.07) is 11.7. The lowest BCUT2D eigenvalue weighted by Gasteiger charge is -2.25. The number of alkyl halides is 3. The van der Waals surface area contributed by atoms with Gasteiger partial charge in [0.15, 0.2) is 5.78 Å². The third kappa shape index (κ3) is 6.43. The molecule has 0 saturated carbocycles. The van der Waals surface area contributed by atoms with E-state index >= 15 is 0 Å². The first-order valence-electron chi connectivity index (χ1n) is 11.7. The number of pyridine rings is 1. The second kappa shape index (κ2) is 11.4. The number of hydrogen-bond acceptors (Lipinski definition) is 6. The van der Waals surface area contributed by atoms with Crippen molar-refractivity contribution in [3.8, 4) is 5.75 Å². The molecule has 2 N–H and O–H groups in total. The van der Waals surface area contributed by atoms with Crippen LogP contribution in [-0.4, -0.2) is 37.0 Å². The molecule has 1 atom stereocenters. The third-order valence-electron chi connectivity index (χ3n) is 6.33. The average molecular weight is 548 g/mol. The molecular weight excluding hydrogens is 523 g/mol. The zero-order valence-corrected chi connectivity index (χ0v) is 21.2. The number of amides is 1. The minimum absolute atomic E-state index is 0.0127. The van der Waals surface area contributed by atoms with Gasteiger partial charge in [0.25, 0.3) is 0 Å². The van der Waals surface area contributed by atoms with Crippen LogP contribution in [0.1, 0.15) is 34.3 Å². The third-order valence-corrected chi connectivity index (χ3v) is 6.56. The Morgan fingerprint density at radius 3 is 2.55 bits per heavy atom. The number of ketones is 1. The minimum Gasteiger partial charge on any atom is -0.495 e. The summed E-state index contributed by atoms with van der Waals surface area (Å²) < 4.78 is 50.7. The van der Waals surface area contributed by atoms with Gasteiger partial charge in [0.2, 0.25) is 5.91 Å². The topological polar surface area (TPSA) is 89.5 Å². The van der Waals surface area contributed by atoms with Gasteiger partial charge < -0.3 is 20.1 Å². The fourth-order valence-corrected chi connectivity index (χ4v) is 4.36. The van der Waals surface area contributed by atoms with Crippen LogP contribution < -0.4 is 15.4 Å². The van der Waals surface area contributed by atoms with E-state index in [4.69, 9.17) is 21.1 Å². The highest BCUT2D eigenvalue weighted by Crippen LogP contribution is 2.38. The first kappa shape index (κ1) is 27.4. The fraction of sp³-hybridized carbons (Fsp3) is 0.296. The quantitative estimate of drug-likeness (QED) is 0.329. The van der Waals surface area contributed by atoms with E-state index in [0.717, 1.165) is 11.6 Å². The Hall–Kier alpha value is -3.63. The molecule has 1 fully saturated rings. The number of benzene rings is 2. The number of halogens is 4. The van der Waals surface area contributed by atoms with Crippen molar-refractivity contribution in [1.82, 2.24) is 10.3 Å².